The third-order valence-electron chi connectivity index (χ3n) is 9.01. The highest BCUT2D eigenvalue weighted by Crippen LogP contribution is 2.23. The minimum absolute atomic E-state index is 0.0143. The van der Waals surface area contributed by atoms with Crippen LogP contribution in [0.15, 0.2) is 72.8 Å². The van der Waals surface area contributed by atoms with E-state index in [1.54, 1.807) is 29.2 Å². The molecule has 5 rings (SSSR count). The van der Waals surface area contributed by atoms with Gasteiger partial charge in [-0.05, 0) is 91.5 Å². The number of carbonyl (C=O) groups excluding carboxylic acids is 4. The summed E-state index contributed by atoms with van der Waals surface area (Å²) in [7, 11) is 0. The number of nitrogen functional groups attached to an aromatic ring is 1. The molecular weight excluding hydrogens is 594 g/mol. The Balaban J connectivity index is 1.39. The van der Waals surface area contributed by atoms with Gasteiger partial charge in [0.05, 0.1) is 19.4 Å². The van der Waals surface area contributed by atoms with Crippen LogP contribution in [0.25, 0.3) is 0 Å². The van der Waals surface area contributed by atoms with Crippen LogP contribution in [0.5, 0.6) is 5.75 Å². The molecule has 0 saturated carbocycles. The minimum Gasteiger partial charge on any atom is -0.494 e. The van der Waals surface area contributed by atoms with Crippen molar-refractivity contribution in [2.24, 2.45) is 5.92 Å². The smallest absolute Gasteiger partial charge is 0.243 e. The number of nitrogens with one attached hydrogen (secondary N) is 3. The molecule has 0 aliphatic carbocycles. The fourth-order valence-corrected chi connectivity index (χ4v) is 6.18. The molecule has 47 heavy (non-hydrogen) atoms. The Labute approximate surface area is 276 Å². The van der Waals surface area contributed by atoms with Crippen LogP contribution in [-0.2, 0) is 38.6 Å². The number of ether oxygens (including phenoxy) is 1. The molecule has 0 spiro atoms. The summed E-state index contributed by atoms with van der Waals surface area (Å²) in [5.74, 6) is -0.532. The molecule has 4 amide bonds. The van der Waals surface area contributed by atoms with Gasteiger partial charge in [0.15, 0.2) is 0 Å². The molecule has 10 heteroatoms. The highest BCUT2D eigenvalue weighted by Gasteiger charge is 2.32. The zero-order valence-corrected chi connectivity index (χ0v) is 27.0. The molecule has 2 aliphatic heterocycles. The van der Waals surface area contributed by atoms with E-state index in [-0.39, 0.29) is 37.1 Å². The van der Waals surface area contributed by atoms with Gasteiger partial charge in [0, 0.05) is 25.3 Å². The minimum atomic E-state index is -1.16. The van der Waals surface area contributed by atoms with Crippen LogP contribution in [-0.4, -0.2) is 60.3 Å². The molecule has 4 bridgehead atoms. The molecule has 1 saturated heterocycles. The van der Waals surface area contributed by atoms with Crippen LogP contribution in [0.4, 0.5) is 5.69 Å². The molecule has 0 radical (unpaired) electrons. The Morgan fingerprint density at radius 3 is 2.55 bits per heavy atom. The van der Waals surface area contributed by atoms with E-state index in [2.05, 4.69) is 16.0 Å². The first-order valence-electron chi connectivity index (χ1n) is 16.5. The zero-order valence-electron chi connectivity index (χ0n) is 27.0. The first-order valence-corrected chi connectivity index (χ1v) is 16.5. The van der Waals surface area contributed by atoms with Crippen LogP contribution in [0.1, 0.15) is 54.4 Å². The first kappa shape index (κ1) is 33.5. The molecule has 3 atom stereocenters. The Morgan fingerprint density at radius 1 is 0.979 bits per heavy atom. The number of piperidine rings is 1. The van der Waals surface area contributed by atoms with Gasteiger partial charge in [-0.3, -0.25) is 19.2 Å². The fraction of sp³-hybridized carbons (Fsp3) is 0.405. The molecule has 10 nitrogen and oxygen atoms in total. The molecule has 3 aromatic rings. The Bertz CT molecular complexity index is 1540. The second kappa shape index (κ2) is 16.1. The van der Waals surface area contributed by atoms with Crippen molar-refractivity contribution in [2.75, 3.05) is 25.4 Å². The number of amides is 4. The number of fused-ring (bicyclic) bond motifs is 4. The molecule has 0 unspecified atom stereocenters. The number of benzene rings is 3. The van der Waals surface area contributed by atoms with Crippen LogP contribution in [0, 0.1) is 12.8 Å². The summed E-state index contributed by atoms with van der Waals surface area (Å²) in [6, 6.07) is 20.5. The third kappa shape index (κ3) is 9.81. The number of nitrogens with zero attached hydrogens (tertiary/aromatic N) is 1. The Hall–Kier alpha value is -4.86. The second-order valence-corrected chi connectivity index (χ2v) is 12.6. The van der Waals surface area contributed by atoms with Gasteiger partial charge >= 0.3 is 0 Å². The maximum Gasteiger partial charge on any atom is 0.243 e. The lowest BCUT2D eigenvalue weighted by Crippen LogP contribution is -2.55. The molecule has 1 fully saturated rings. The lowest BCUT2D eigenvalue weighted by Gasteiger charge is -2.34. The van der Waals surface area contributed by atoms with Gasteiger partial charge in [-0.2, -0.15) is 0 Å². The van der Waals surface area contributed by atoms with Crippen molar-refractivity contribution in [3.05, 3.63) is 95.1 Å². The van der Waals surface area contributed by atoms with E-state index in [0.29, 0.717) is 38.2 Å². The van der Waals surface area contributed by atoms with Crippen LogP contribution in [0.2, 0.25) is 0 Å². The van der Waals surface area contributed by atoms with Gasteiger partial charge in [0.2, 0.25) is 23.6 Å². The number of anilines is 1. The number of hydrogen-bond acceptors (Lipinski definition) is 6. The molecule has 2 aliphatic rings. The third-order valence-corrected chi connectivity index (χ3v) is 9.01. The number of nitrogens with two attached hydrogens (primary N) is 1. The van der Waals surface area contributed by atoms with Crippen molar-refractivity contribution in [2.45, 2.75) is 70.5 Å². The predicted molar refractivity (Wildman–Crippen MR) is 180 cm³/mol. The highest BCUT2D eigenvalue weighted by molar-refractivity contribution is 5.95. The lowest BCUT2D eigenvalue weighted by atomic mass is 9.94. The predicted octanol–water partition coefficient (Wildman–Crippen LogP) is 3.45. The van der Waals surface area contributed by atoms with Gasteiger partial charge in [-0.25, -0.2) is 0 Å². The molecular formula is C37H45N5O5. The summed E-state index contributed by atoms with van der Waals surface area (Å²) in [5, 5.41) is 8.68. The van der Waals surface area contributed by atoms with Crippen molar-refractivity contribution < 1.29 is 23.9 Å². The van der Waals surface area contributed by atoms with Crippen LogP contribution < -0.4 is 26.4 Å². The summed E-state index contributed by atoms with van der Waals surface area (Å²) >= 11 is 0. The molecule has 0 aromatic heterocycles. The number of rotatable bonds is 6. The van der Waals surface area contributed by atoms with E-state index in [4.69, 9.17) is 10.5 Å². The van der Waals surface area contributed by atoms with Crippen LogP contribution >= 0.6 is 0 Å². The fourth-order valence-electron chi connectivity index (χ4n) is 6.18. The van der Waals surface area contributed by atoms with Crippen molar-refractivity contribution in [1.29, 1.82) is 0 Å². The van der Waals surface area contributed by atoms with Gasteiger partial charge < -0.3 is 31.3 Å². The van der Waals surface area contributed by atoms with Crippen molar-refractivity contribution in [3.63, 3.8) is 0 Å². The molecule has 248 valence electrons. The Kier molecular flexibility index (Phi) is 11.5. The number of carbonyl (C=O) groups is 4. The van der Waals surface area contributed by atoms with E-state index in [0.717, 1.165) is 47.3 Å². The summed E-state index contributed by atoms with van der Waals surface area (Å²) in [4.78, 5) is 56.2. The maximum atomic E-state index is 13.9. The average molecular weight is 640 g/mol. The van der Waals surface area contributed by atoms with Crippen molar-refractivity contribution in [3.8, 4) is 5.75 Å². The van der Waals surface area contributed by atoms with E-state index in [1.165, 1.54) is 0 Å². The normalized spacial score (nSPS) is 21.0. The topological polar surface area (TPSA) is 143 Å². The maximum absolute atomic E-state index is 13.9. The van der Waals surface area contributed by atoms with Gasteiger partial charge in [0.1, 0.15) is 17.8 Å². The van der Waals surface area contributed by atoms with Gasteiger partial charge in [0.25, 0.3) is 0 Å². The van der Waals surface area contributed by atoms with E-state index >= 15 is 0 Å². The van der Waals surface area contributed by atoms with Crippen molar-refractivity contribution >= 4 is 29.3 Å². The number of aryl methyl sites for hydroxylation is 2. The monoisotopic (exact) mass is 639 g/mol. The van der Waals surface area contributed by atoms with Gasteiger partial charge in [-0.1, -0.05) is 48.5 Å². The zero-order chi connectivity index (χ0) is 33.2. The first-order chi connectivity index (χ1) is 22.7. The average Bonchev–Trinajstić information content (AvgIpc) is 3.07. The van der Waals surface area contributed by atoms with Gasteiger partial charge in [-0.15, -0.1) is 0 Å². The quantitative estimate of drug-likeness (QED) is 0.305. The summed E-state index contributed by atoms with van der Waals surface area (Å²) < 4.78 is 6.10. The van der Waals surface area contributed by atoms with E-state index in [9.17, 15) is 19.2 Å². The number of hydrogen-bond donors (Lipinski definition) is 4. The highest BCUT2D eigenvalue weighted by atomic mass is 16.5. The largest absolute Gasteiger partial charge is 0.494 e. The van der Waals surface area contributed by atoms with E-state index in [1.807, 2.05) is 55.5 Å². The second-order valence-electron chi connectivity index (χ2n) is 12.6. The molecule has 2 heterocycles. The van der Waals surface area contributed by atoms with E-state index < -0.39 is 23.9 Å². The van der Waals surface area contributed by atoms with Crippen LogP contribution in [0.3, 0.4) is 0 Å². The molecule has 5 N–H and O–H groups in total. The molecule has 3 aromatic carbocycles. The van der Waals surface area contributed by atoms with Crippen molar-refractivity contribution in [1.82, 2.24) is 20.9 Å². The summed E-state index contributed by atoms with van der Waals surface area (Å²) in [5.41, 5.74) is 10.1. The standard InChI is InChI=1S/C37H45N5O5/c1-25-9-15-31-21-29(25)23-39-36(45)32(16-12-26-6-3-2-4-7-26)41-37(46)33(40-34(43)20-27-10-13-30(38)14-11-27)22-35(44)42-18-5-8-28(24-42)17-19-47-31/h2-4,6-7,9-11,13-15,21,28,32-33H,5,8,12,16-20,22-24,38H2,1H3,(H,39,45)(H,40,43)(H,41,46)/t28-,32+,33+/m1/s1. The summed E-state index contributed by atoms with van der Waals surface area (Å²) in [6.07, 6.45) is 3.31. The Morgan fingerprint density at radius 2 is 1.77 bits per heavy atom. The summed E-state index contributed by atoms with van der Waals surface area (Å²) in [6.45, 7) is 3.91. The lowest BCUT2D eigenvalue weighted by molar-refractivity contribution is -0.138. The SMILES string of the molecule is Cc1ccc2cc1CNC(=O)[C@H](CCc1ccccc1)NC(=O)[C@@H](NC(=O)Cc1ccc(N)cc1)CC(=O)N1CCC[C@H](CCO2)C1.